The number of benzene rings is 2. The van der Waals surface area contributed by atoms with Crippen LogP contribution in [0.1, 0.15) is 18.4 Å². The number of carbonyl (C=O) groups is 1. The lowest BCUT2D eigenvalue weighted by Gasteiger charge is -2.33. The molecular weight excluding hydrogens is 463 g/mol. The molecular formula is C23H22BrFN4O2. The van der Waals surface area contributed by atoms with Crippen LogP contribution in [0, 0.1) is 18.7 Å². The van der Waals surface area contributed by atoms with Crippen LogP contribution in [-0.4, -0.2) is 28.8 Å². The molecule has 1 amide bonds. The molecule has 0 radical (unpaired) electrons. The topological polar surface area (TPSA) is 67.2 Å². The van der Waals surface area contributed by atoms with Crippen LogP contribution in [-0.2, 0) is 4.79 Å². The third kappa shape index (κ3) is 4.85. The maximum atomic E-state index is 13.6. The first-order chi connectivity index (χ1) is 14.9. The summed E-state index contributed by atoms with van der Waals surface area (Å²) in [6.45, 7) is 3.20. The molecule has 1 unspecified atom stereocenters. The molecule has 0 bridgehead atoms. The minimum atomic E-state index is -0.436. The first-order valence-electron chi connectivity index (χ1n) is 10.1. The van der Waals surface area contributed by atoms with Crippen LogP contribution in [0.5, 0.6) is 0 Å². The van der Waals surface area contributed by atoms with Gasteiger partial charge in [-0.25, -0.2) is 4.39 Å². The van der Waals surface area contributed by atoms with Crippen molar-refractivity contribution < 1.29 is 9.18 Å². The Morgan fingerprint density at radius 1 is 1.19 bits per heavy atom. The van der Waals surface area contributed by atoms with Gasteiger partial charge < -0.3 is 10.2 Å². The fourth-order valence-corrected chi connectivity index (χ4v) is 3.98. The number of hydrogen-bond donors (Lipinski definition) is 1. The van der Waals surface area contributed by atoms with Crippen LogP contribution in [0.3, 0.4) is 0 Å². The van der Waals surface area contributed by atoms with Crippen LogP contribution < -0.4 is 15.8 Å². The Hall–Kier alpha value is -3.00. The summed E-state index contributed by atoms with van der Waals surface area (Å²) in [5.74, 6) is -0.0886. The van der Waals surface area contributed by atoms with E-state index in [1.54, 1.807) is 12.1 Å². The number of hydrogen-bond acceptors (Lipinski definition) is 4. The Kier molecular flexibility index (Phi) is 6.18. The van der Waals surface area contributed by atoms with Crippen molar-refractivity contribution in [2.45, 2.75) is 19.8 Å². The Morgan fingerprint density at radius 2 is 2.03 bits per heavy atom. The number of nitrogens with zero attached hydrogens (tertiary/aromatic N) is 3. The monoisotopic (exact) mass is 484 g/mol. The highest BCUT2D eigenvalue weighted by atomic mass is 79.9. The molecule has 160 valence electrons. The lowest BCUT2D eigenvalue weighted by Crippen LogP contribution is -2.41. The predicted molar refractivity (Wildman–Crippen MR) is 122 cm³/mol. The molecule has 2 aromatic carbocycles. The number of halogens is 2. The number of rotatable bonds is 4. The highest BCUT2D eigenvalue weighted by Gasteiger charge is 2.27. The van der Waals surface area contributed by atoms with Gasteiger partial charge in [0.25, 0.3) is 5.56 Å². The van der Waals surface area contributed by atoms with Gasteiger partial charge in [0.2, 0.25) is 5.91 Å². The van der Waals surface area contributed by atoms with E-state index in [1.165, 1.54) is 28.9 Å². The van der Waals surface area contributed by atoms with Crippen LogP contribution in [0.2, 0.25) is 0 Å². The van der Waals surface area contributed by atoms with Gasteiger partial charge >= 0.3 is 0 Å². The van der Waals surface area contributed by atoms with E-state index in [4.69, 9.17) is 0 Å². The maximum absolute atomic E-state index is 13.6. The van der Waals surface area contributed by atoms with Crippen LogP contribution >= 0.6 is 15.9 Å². The quantitative estimate of drug-likeness (QED) is 0.599. The molecule has 4 rings (SSSR count). The Labute approximate surface area is 187 Å². The molecule has 0 spiro atoms. The molecule has 1 N–H and O–H groups in total. The molecule has 8 heteroatoms. The summed E-state index contributed by atoms with van der Waals surface area (Å²) in [5.41, 5.74) is 1.84. The van der Waals surface area contributed by atoms with Gasteiger partial charge in [-0.15, -0.1) is 5.10 Å². The van der Waals surface area contributed by atoms with Gasteiger partial charge in [-0.2, -0.15) is 4.68 Å². The molecule has 0 aliphatic carbocycles. The minimum Gasteiger partial charge on any atom is -0.354 e. The van der Waals surface area contributed by atoms with Gasteiger partial charge in [-0.1, -0.05) is 22.0 Å². The van der Waals surface area contributed by atoms with E-state index < -0.39 is 5.82 Å². The number of aryl methyl sites for hydroxylation is 1. The third-order valence-corrected chi connectivity index (χ3v) is 6.27. The van der Waals surface area contributed by atoms with Gasteiger partial charge in [-0.05, 0) is 67.8 Å². The molecule has 0 saturated carbocycles. The maximum Gasteiger partial charge on any atom is 0.271 e. The van der Waals surface area contributed by atoms with E-state index in [2.05, 4.69) is 26.3 Å². The molecule has 1 atom stereocenters. The fourth-order valence-electron chi connectivity index (χ4n) is 3.73. The third-order valence-electron chi connectivity index (χ3n) is 5.38. The minimum absolute atomic E-state index is 0.0372. The predicted octanol–water partition coefficient (Wildman–Crippen LogP) is 4.30. The molecule has 1 aromatic heterocycles. The van der Waals surface area contributed by atoms with Gasteiger partial charge in [0.05, 0.1) is 11.6 Å². The molecule has 31 heavy (non-hydrogen) atoms. The Morgan fingerprint density at radius 3 is 2.81 bits per heavy atom. The molecule has 1 aliphatic heterocycles. The van der Waals surface area contributed by atoms with Crippen molar-refractivity contribution in [3.05, 3.63) is 80.8 Å². The Bertz CT molecular complexity index is 1180. The lowest BCUT2D eigenvalue weighted by atomic mass is 9.97. The van der Waals surface area contributed by atoms with Gasteiger partial charge in [0, 0.05) is 29.3 Å². The van der Waals surface area contributed by atoms with Crippen molar-refractivity contribution >= 4 is 33.3 Å². The number of amides is 1. The second-order valence-corrected chi connectivity index (χ2v) is 8.51. The SMILES string of the molecule is Cc1cc(NC(=O)C2CCCN(c3ccc(=O)n(-c4cccc(F)c4)n3)C2)ccc1Br. The summed E-state index contributed by atoms with van der Waals surface area (Å²) in [4.78, 5) is 27.1. The summed E-state index contributed by atoms with van der Waals surface area (Å²) >= 11 is 3.47. The van der Waals surface area contributed by atoms with Crippen LogP contribution in [0.15, 0.2) is 63.9 Å². The van der Waals surface area contributed by atoms with Gasteiger partial charge in [0.15, 0.2) is 0 Å². The van der Waals surface area contributed by atoms with E-state index in [-0.39, 0.29) is 17.4 Å². The van der Waals surface area contributed by atoms with Gasteiger partial charge in [0.1, 0.15) is 11.6 Å². The van der Waals surface area contributed by atoms with Crippen molar-refractivity contribution in [2.24, 2.45) is 5.92 Å². The summed E-state index contributed by atoms with van der Waals surface area (Å²) in [6.07, 6.45) is 1.61. The molecule has 3 aromatic rings. The van der Waals surface area contributed by atoms with Crippen molar-refractivity contribution in [2.75, 3.05) is 23.3 Å². The fraction of sp³-hybridized carbons (Fsp3) is 0.261. The standard InChI is InChI=1S/C23H22BrFN4O2/c1-15-12-18(7-8-20(15)24)26-23(31)16-4-3-11-28(14-16)21-9-10-22(30)29(27-21)19-6-2-5-17(25)13-19/h2,5-10,12-13,16H,3-4,11,14H2,1H3,(H,26,31). The normalized spacial score (nSPS) is 16.2. The number of piperidine rings is 1. The average molecular weight is 485 g/mol. The first kappa shape index (κ1) is 21.2. The smallest absolute Gasteiger partial charge is 0.271 e. The van der Waals surface area contributed by atoms with E-state index in [0.717, 1.165) is 35.1 Å². The lowest BCUT2D eigenvalue weighted by molar-refractivity contribution is -0.120. The number of nitrogens with one attached hydrogen (secondary N) is 1. The summed E-state index contributed by atoms with van der Waals surface area (Å²) in [6, 6.07) is 14.5. The van der Waals surface area contributed by atoms with E-state index in [1.807, 2.05) is 30.0 Å². The number of carbonyl (C=O) groups excluding carboxylic acids is 1. The summed E-state index contributed by atoms with van der Waals surface area (Å²) in [7, 11) is 0. The van der Waals surface area contributed by atoms with E-state index in [0.29, 0.717) is 18.1 Å². The van der Waals surface area contributed by atoms with Crippen molar-refractivity contribution in [3.63, 3.8) is 0 Å². The second-order valence-electron chi connectivity index (χ2n) is 7.66. The van der Waals surface area contributed by atoms with Crippen LogP contribution in [0.25, 0.3) is 5.69 Å². The summed E-state index contributed by atoms with van der Waals surface area (Å²) < 4.78 is 15.8. The number of aromatic nitrogens is 2. The molecule has 1 aliphatic rings. The average Bonchev–Trinajstić information content (AvgIpc) is 2.77. The molecule has 1 saturated heterocycles. The van der Waals surface area contributed by atoms with E-state index in [9.17, 15) is 14.0 Å². The Balaban J connectivity index is 1.52. The molecule has 1 fully saturated rings. The highest BCUT2D eigenvalue weighted by Crippen LogP contribution is 2.24. The second kappa shape index (κ2) is 9.01. The van der Waals surface area contributed by atoms with Crippen molar-refractivity contribution in [1.29, 1.82) is 0 Å². The summed E-state index contributed by atoms with van der Waals surface area (Å²) in [5, 5.41) is 7.43. The zero-order chi connectivity index (χ0) is 22.0. The largest absolute Gasteiger partial charge is 0.354 e. The van der Waals surface area contributed by atoms with Crippen LogP contribution in [0.4, 0.5) is 15.9 Å². The number of anilines is 2. The first-order valence-corrected chi connectivity index (χ1v) is 10.9. The van der Waals surface area contributed by atoms with E-state index >= 15 is 0 Å². The molecule has 6 nitrogen and oxygen atoms in total. The van der Waals surface area contributed by atoms with Gasteiger partial charge in [-0.3, -0.25) is 9.59 Å². The van der Waals surface area contributed by atoms with Crippen molar-refractivity contribution in [3.8, 4) is 5.69 Å². The highest BCUT2D eigenvalue weighted by molar-refractivity contribution is 9.10. The molecule has 2 heterocycles. The zero-order valence-electron chi connectivity index (χ0n) is 17.0. The van der Waals surface area contributed by atoms with Crippen molar-refractivity contribution in [1.82, 2.24) is 9.78 Å². The zero-order valence-corrected chi connectivity index (χ0v) is 18.6.